The van der Waals surface area contributed by atoms with Crippen molar-refractivity contribution in [3.63, 3.8) is 0 Å². The maximum absolute atomic E-state index is 6.99. The van der Waals surface area contributed by atoms with Gasteiger partial charge >= 0.3 is 0 Å². The Labute approximate surface area is 401 Å². The summed E-state index contributed by atoms with van der Waals surface area (Å²) in [6.07, 6.45) is 0. The fraction of sp³-hybridized carbons (Fsp3) is 0.0312. The minimum atomic E-state index is 0.783. The number of nitrogens with zero attached hydrogens (tertiary/aromatic N) is 4. The normalized spacial score (nSPS) is 12.1. The predicted molar refractivity (Wildman–Crippen MR) is 293 cm³/mol. The van der Waals surface area contributed by atoms with Crippen LogP contribution >= 0.6 is 0 Å². The van der Waals surface area contributed by atoms with Crippen LogP contribution in [0.4, 0.5) is 34.1 Å². The summed E-state index contributed by atoms with van der Waals surface area (Å²) in [6.45, 7) is 0. The molecular weight excluding hydrogens is 857 g/mol. The van der Waals surface area contributed by atoms with E-state index in [1.165, 1.54) is 43.6 Å². The maximum atomic E-state index is 6.99. The summed E-state index contributed by atoms with van der Waals surface area (Å²) in [5.74, 6) is 0. The number of hydrogen-bond donors (Lipinski definition) is 0. The number of benzene rings is 11. The summed E-state index contributed by atoms with van der Waals surface area (Å²) in [6, 6.07) is 78.6. The van der Waals surface area contributed by atoms with Gasteiger partial charge in [0.25, 0.3) is 0 Å². The van der Waals surface area contributed by atoms with Gasteiger partial charge in [-0.2, -0.15) is 0 Å². The minimum Gasteiger partial charge on any atom is -0.456 e. The average Bonchev–Trinajstić information content (AvgIpc) is 4.13. The highest BCUT2D eigenvalue weighted by molar-refractivity contribution is 6.28. The number of fused-ring (bicyclic) bond motifs is 16. The molecule has 0 unspecified atom stereocenters. The van der Waals surface area contributed by atoms with E-state index in [1.807, 2.05) is 0 Å². The van der Waals surface area contributed by atoms with Crippen molar-refractivity contribution in [1.29, 1.82) is 0 Å². The second-order valence-electron chi connectivity index (χ2n) is 18.6. The van der Waals surface area contributed by atoms with E-state index >= 15 is 0 Å². The zero-order chi connectivity index (χ0) is 46.2. The molecule has 0 aliphatic heterocycles. The van der Waals surface area contributed by atoms with Gasteiger partial charge in [-0.05, 0) is 89.6 Å². The number of furan rings is 2. The highest BCUT2D eigenvalue weighted by atomic mass is 16.3. The first-order valence-corrected chi connectivity index (χ1v) is 23.9. The zero-order valence-electron chi connectivity index (χ0n) is 38.4. The van der Waals surface area contributed by atoms with Crippen molar-refractivity contribution < 1.29 is 8.83 Å². The predicted octanol–water partition coefficient (Wildman–Crippen LogP) is 18.0. The SMILES string of the molecule is Cn1c2ccccc2c2cc(N(c3ccccc3)c3cc4oc5cc6oc7cc(N(c8ccccc8)c8ccc9c(c8)c8ccccc8n9C)c8ccccc8c7c6cc5c4c4ccccc34)ccc21. The van der Waals surface area contributed by atoms with Gasteiger partial charge in [-0.25, -0.2) is 0 Å². The molecule has 0 spiro atoms. The van der Waals surface area contributed by atoms with Gasteiger partial charge in [-0.15, -0.1) is 0 Å². The van der Waals surface area contributed by atoms with Gasteiger partial charge in [0.2, 0.25) is 0 Å². The molecule has 70 heavy (non-hydrogen) atoms. The standard InChI is InChI=1S/C64H42N4O2/c1-65-53-27-15-13-23-45(53)49-33-41(29-31-55(49)65)67(39-17-5-3-6-18-39)57-36-61-63(47-25-11-9-21-43(47)57)51-35-52-60(38-59(51)69-61)70-62-37-58(44-22-10-12-26-48(44)64(52)62)68(40-19-7-4-8-20-40)42-30-32-56-50(34-42)46-24-14-16-28-54(46)66(56)2/h3-38H,1-2H3. The third-order valence-electron chi connectivity index (χ3n) is 14.9. The average molecular weight is 899 g/mol. The Morgan fingerprint density at radius 1 is 0.271 bits per heavy atom. The Balaban J connectivity index is 0.942. The van der Waals surface area contributed by atoms with Gasteiger partial charge < -0.3 is 27.8 Å². The van der Waals surface area contributed by atoms with Crippen LogP contribution in [0.2, 0.25) is 0 Å². The van der Waals surface area contributed by atoms with E-state index in [4.69, 9.17) is 8.83 Å². The van der Waals surface area contributed by atoms with Crippen LogP contribution in [-0.2, 0) is 14.1 Å². The molecule has 330 valence electrons. The summed E-state index contributed by atoms with van der Waals surface area (Å²) < 4.78 is 18.5. The Hall–Kier alpha value is -9.26. The molecule has 0 saturated carbocycles. The Morgan fingerprint density at radius 2 is 0.643 bits per heavy atom. The quantitative estimate of drug-likeness (QED) is 0.167. The first-order valence-electron chi connectivity index (χ1n) is 23.9. The van der Waals surface area contributed by atoms with Gasteiger partial charge in [-0.3, -0.25) is 0 Å². The molecule has 0 atom stereocenters. The number of aryl methyl sites for hydroxylation is 2. The molecule has 4 heterocycles. The van der Waals surface area contributed by atoms with Crippen molar-refractivity contribution in [3.8, 4) is 0 Å². The van der Waals surface area contributed by atoms with E-state index < -0.39 is 0 Å². The molecule has 0 saturated heterocycles. The summed E-state index contributed by atoms with van der Waals surface area (Å²) >= 11 is 0. The van der Waals surface area contributed by atoms with Crippen LogP contribution < -0.4 is 9.80 Å². The lowest BCUT2D eigenvalue weighted by Crippen LogP contribution is -2.10. The van der Waals surface area contributed by atoms with Crippen molar-refractivity contribution in [2.24, 2.45) is 14.1 Å². The van der Waals surface area contributed by atoms with E-state index in [0.29, 0.717) is 0 Å². The highest BCUT2D eigenvalue weighted by Gasteiger charge is 2.25. The topological polar surface area (TPSA) is 42.6 Å². The Bertz CT molecular complexity index is 4340. The molecule has 11 aromatic carbocycles. The van der Waals surface area contributed by atoms with Crippen LogP contribution in [-0.4, -0.2) is 9.13 Å². The van der Waals surface area contributed by atoms with E-state index in [-0.39, 0.29) is 0 Å². The first kappa shape index (κ1) is 38.8. The smallest absolute Gasteiger partial charge is 0.139 e. The number of rotatable bonds is 6. The van der Waals surface area contributed by atoms with E-state index in [1.54, 1.807) is 0 Å². The van der Waals surface area contributed by atoms with Crippen molar-refractivity contribution in [3.05, 3.63) is 218 Å². The lowest BCUT2D eigenvalue weighted by atomic mass is 9.98. The minimum absolute atomic E-state index is 0.783. The molecule has 6 heteroatoms. The summed E-state index contributed by atoms with van der Waals surface area (Å²) in [5, 5.41) is 13.7. The largest absolute Gasteiger partial charge is 0.456 e. The van der Waals surface area contributed by atoms with Crippen LogP contribution in [0, 0.1) is 0 Å². The molecule has 15 aromatic rings. The Morgan fingerprint density at radius 3 is 1.09 bits per heavy atom. The van der Waals surface area contributed by atoms with E-state index in [0.717, 1.165) is 99.5 Å². The second-order valence-corrected chi connectivity index (χ2v) is 18.6. The lowest BCUT2D eigenvalue weighted by molar-refractivity contribution is 0.656. The van der Waals surface area contributed by atoms with Gasteiger partial charge in [0.1, 0.15) is 22.3 Å². The molecular formula is C64H42N4O2. The van der Waals surface area contributed by atoms with E-state index in [2.05, 4.69) is 251 Å². The molecule has 0 N–H and O–H groups in total. The zero-order valence-corrected chi connectivity index (χ0v) is 38.4. The maximum Gasteiger partial charge on any atom is 0.139 e. The summed E-state index contributed by atoms with van der Waals surface area (Å²) in [5.41, 5.74) is 14.4. The van der Waals surface area contributed by atoms with Gasteiger partial charge in [-0.1, -0.05) is 121 Å². The molecule has 15 rings (SSSR count). The number of hydrogen-bond acceptors (Lipinski definition) is 4. The third-order valence-corrected chi connectivity index (χ3v) is 14.9. The molecule has 0 radical (unpaired) electrons. The fourth-order valence-corrected chi connectivity index (χ4v) is 11.7. The van der Waals surface area contributed by atoms with Crippen molar-refractivity contribution in [2.45, 2.75) is 0 Å². The van der Waals surface area contributed by atoms with Gasteiger partial charge in [0.15, 0.2) is 0 Å². The van der Waals surface area contributed by atoms with Crippen LogP contribution in [0.25, 0.3) is 109 Å². The van der Waals surface area contributed by atoms with Gasteiger partial charge in [0, 0.05) is 131 Å². The van der Waals surface area contributed by atoms with Crippen molar-refractivity contribution in [2.75, 3.05) is 9.80 Å². The third kappa shape index (κ3) is 5.50. The van der Waals surface area contributed by atoms with Crippen LogP contribution in [0.15, 0.2) is 227 Å². The molecule has 4 aromatic heterocycles. The van der Waals surface area contributed by atoms with Crippen LogP contribution in [0.1, 0.15) is 0 Å². The number of aromatic nitrogens is 2. The van der Waals surface area contributed by atoms with Crippen LogP contribution in [0.3, 0.4) is 0 Å². The fourth-order valence-electron chi connectivity index (χ4n) is 11.7. The Kier molecular flexibility index (Phi) is 8.10. The molecule has 0 bridgehead atoms. The molecule has 6 nitrogen and oxygen atoms in total. The highest BCUT2D eigenvalue weighted by Crippen LogP contribution is 2.49. The molecule has 0 amide bonds. The number of anilines is 6. The van der Waals surface area contributed by atoms with Crippen LogP contribution in [0.5, 0.6) is 0 Å². The number of para-hydroxylation sites is 4. The molecule has 0 aliphatic rings. The lowest BCUT2D eigenvalue weighted by Gasteiger charge is -2.27. The second kappa shape index (κ2) is 14.6. The van der Waals surface area contributed by atoms with Gasteiger partial charge in [0.05, 0.1) is 11.4 Å². The molecule has 0 aliphatic carbocycles. The molecule has 0 fully saturated rings. The first-order chi connectivity index (χ1) is 34.6. The van der Waals surface area contributed by atoms with Crippen molar-refractivity contribution >= 4 is 143 Å². The van der Waals surface area contributed by atoms with Crippen molar-refractivity contribution in [1.82, 2.24) is 9.13 Å². The summed E-state index contributed by atoms with van der Waals surface area (Å²) in [4.78, 5) is 4.75. The monoisotopic (exact) mass is 898 g/mol. The summed E-state index contributed by atoms with van der Waals surface area (Å²) in [7, 11) is 4.30. The van der Waals surface area contributed by atoms with E-state index in [9.17, 15) is 0 Å².